The fraction of sp³-hybridized carbons (Fsp3) is 0.700. The molecule has 1 nitrogen and oxygen atoms in total. The second-order valence-corrected chi connectivity index (χ2v) is 3.78. The van der Waals surface area contributed by atoms with Crippen LogP contribution in [0.5, 0.6) is 0 Å². The zero-order chi connectivity index (χ0) is 8.48. The molecule has 1 aliphatic rings. The lowest BCUT2D eigenvalue weighted by Gasteiger charge is -2.24. The monoisotopic (exact) mass is 152 g/mol. The maximum Gasteiger partial charge on any atom is 0.156 e. The number of carbonyl (C=O) groups excluding carboxylic acids is 1. The first-order valence-electron chi connectivity index (χ1n) is 4.30. The van der Waals surface area contributed by atoms with Gasteiger partial charge < -0.3 is 0 Å². The second-order valence-electron chi connectivity index (χ2n) is 3.78. The Hall–Kier alpha value is -0.590. The fourth-order valence-corrected chi connectivity index (χ4v) is 1.83. The van der Waals surface area contributed by atoms with E-state index < -0.39 is 0 Å². The molecule has 11 heavy (non-hydrogen) atoms. The van der Waals surface area contributed by atoms with E-state index in [1.165, 1.54) is 5.57 Å². The SMILES string of the molecule is CCCC1(C)CC(=O)C=C1C. The summed E-state index contributed by atoms with van der Waals surface area (Å²) in [6.07, 6.45) is 4.83. The van der Waals surface area contributed by atoms with E-state index >= 15 is 0 Å². The minimum absolute atomic E-state index is 0.186. The molecule has 0 radical (unpaired) electrons. The minimum Gasteiger partial charge on any atom is -0.295 e. The van der Waals surface area contributed by atoms with Gasteiger partial charge in [-0.15, -0.1) is 0 Å². The molecule has 0 fully saturated rings. The van der Waals surface area contributed by atoms with E-state index in [-0.39, 0.29) is 5.41 Å². The molecule has 0 saturated heterocycles. The molecule has 0 amide bonds. The quantitative estimate of drug-likeness (QED) is 0.594. The highest BCUT2D eigenvalue weighted by molar-refractivity contribution is 5.94. The Bertz CT molecular complexity index is 203. The smallest absolute Gasteiger partial charge is 0.156 e. The van der Waals surface area contributed by atoms with Crippen LogP contribution in [0.2, 0.25) is 0 Å². The van der Waals surface area contributed by atoms with E-state index in [0.717, 1.165) is 19.3 Å². The molecule has 0 aromatic rings. The zero-order valence-corrected chi connectivity index (χ0v) is 7.61. The molecule has 1 heteroatoms. The molecule has 0 saturated carbocycles. The summed E-state index contributed by atoms with van der Waals surface area (Å²) in [6, 6.07) is 0. The van der Waals surface area contributed by atoms with E-state index in [1.807, 2.05) is 0 Å². The molecular formula is C10H16O. The highest BCUT2D eigenvalue weighted by atomic mass is 16.1. The van der Waals surface area contributed by atoms with Crippen LogP contribution in [0.25, 0.3) is 0 Å². The van der Waals surface area contributed by atoms with Crippen LogP contribution in [0.3, 0.4) is 0 Å². The number of hydrogen-bond acceptors (Lipinski definition) is 1. The normalized spacial score (nSPS) is 30.8. The molecule has 1 atom stereocenters. The molecule has 1 rings (SSSR count). The van der Waals surface area contributed by atoms with Crippen molar-refractivity contribution in [2.45, 2.75) is 40.0 Å². The highest BCUT2D eigenvalue weighted by Gasteiger charge is 2.32. The van der Waals surface area contributed by atoms with Crippen molar-refractivity contribution in [2.24, 2.45) is 5.41 Å². The van der Waals surface area contributed by atoms with Gasteiger partial charge in [0.05, 0.1) is 0 Å². The average Bonchev–Trinajstić information content (AvgIpc) is 2.08. The predicted molar refractivity (Wildman–Crippen MR) is 46.4 cm³/mol. The van der Waals surface area contributed by atoms with Crippen LogP contribution < -0.4 is 0 Å². The molecule has 0 heterocycles. The number of hydrogen-bond donors (Lipinski definition) is 0. The van der Waals surface area contributed by atoms with E-state index in [0.29, 0.717) is 5.78 Å². The van der Waals surface area contributed by atoms with Gasteiger partial charge in [0.25, 0.3) is 0 Å². The van der Waals surface area contributed by atoms with Gasteiger partial charge in [0.2, 0.25) is 0 Å². The lowest BCUT2D eigenvalue weighted by molar-refractivity contribution is -0.115. The topological polar surface area (TPSA) is 17.1 Å². The van der Waals surface area contributed by atoms with E-state index in [4.69, 9.17) is 0 Å². The summed E-state index contributed by atoms with van der Waals surface area (Å²) in [5.41, 5.74) is 1.45. The molecule has 0 bridgehead atoms. The molecule has 0 aromatic carbocycles. The first-order valence-corrected chi connectivity index (χ1v) is 4.30. The van der Waals surface area contributed by atoms with Crippen LogP contribution in [0, 0.1) is 5.41 Å². The van der Waals surface area contributed by atoms with Crippen molar-refractivity contribution in [2.75, 3.05) is 0 Å². The second kappa shape index (κ2) is 2.80. The van der Waals surface area contributed by atoms with E-state index in [2.05, 4.69) is 20.8 Å². The van der Waals surface area contributed by atoms with Crippen molar-refractivity contribution >= 4 is 5.78 Å². The summed E-state index contributed by atoms with van der Waals surface area (Å²) in [5, 5.41) is 0. The van der Waals surface area contributed by atoms with Crippen LogP contribution in [0.1, 0.15) is 40.0 Å². The van der Waals surface area contributed by atoms with Crippen molar-refractivity contribution in [3.05, 3.63) is 11.6 Å². The van der Waals surface area contributed by atoms with Gasteiger partial charge in [-0.3, -0.25) is 4.79 Å². The lowest BCUT2D eigenvalue weighted by Crippen LogP contribution is -2.14. The van der Waals surface area contributed by atoms with Crippen molar-refractivity contribution in [1.82, 2.24) is 0 Å². The Kier molecular flexibility index (Phi) is 2.17. The summed E-state index contributed by atoms with van der Waals surface area (Å²) >= 11 is 0. The van der Waals surface area contributed by atoms with Crippen LogP contribution in [-0.2, 0) is 4.79 Å². The lowest BCUT2D eigenvalue weighted by atomic mass is 9.80. The van der Waals surface area contributed by atoms with Gasteiger partial charge in [0.15, 0.2) is 5.78 Å². The average molecular weight is 152 g/mol. The first-order chi connectivity index (χ1) is 5.08. The van der Waals surface area contributed by atoms with E-state index in [1.54, 1.807) is 6.08 Å². The minimum atomic E-state index is 0.186. The largest absolute Gasteiger partial charge is 0.295 e. The van der Waals surface area contributed by atoms with Gasteiger partial charge in [0.1, 0.15) is 0 Å². The highest BCUT2D eigenvalue weighted by Crippen LogP contribution is 2.40. The first kappa shape index (κ1) is 8.51. The molecule has 0 aliphatic heterocycles. The summed E-state index contributed by atoms with van der Waals surface area (Å²) in [5.74, 6) is 0.304. The third-order valence-corrected chi connectivity index (χ3v) is 2.70. The predicted octanol–water partition coefficient (Wildman–Crippen LogP) is 2.71. The number of carbonyl (C=O) groups is 1. The molecule has 0 aromatic heterocycles. The fourth-order valence-electron chi connectivity index (χ4n) is 1.83. The Morgan fingerprint density at radius 1 is 1.64 bits per heavy atom. The van der Waals surface area contributed by atoms with Crippen LogP contribution in [0.4, 0.5) is 0 Å². The molecule has 1 aliphatic carbocycles. The zero-order valence-electron chi connectivity index (χ0n) is 7.61. The van der Waals surface area contributed by atoms with Crippen LogP contribution in [0.15, 0.2) is 11.6 Å². The van der Waals surface area contributed by atoms with Crippen LogP contribution >= 0.6 is 0 Å². The van der Waals surface area contributed by atoms with E-state index in [9.17, 15) is 4.79 Å². The van der Waals surface area contributed by atoms with Crippen molar-refractivity contribution in [1.29, 1.82) is 0 Å². The van der Waals surface area contributed by atoms with Gasteiger partial charge in [0, 0.05) is 6.42 Å². The maximum absolute atomic E-state index is 11.1. The summed E-state index contributed by atoms with van der Waals surface area (Å²) in [7, 11) is 0. The summed E-state index contributed by atoms with van der Waals surface area (Å²) in [4.78, 5) is 11.1. The molecule has 0 N–H and O–H groups in total. The maximum atomic E-state index is 11.1. The van der Waals surface area contributed by atoms with Crippen molar-refractivity contribution in [3.8, 4) is 0 Å². The Morgan fingerprint density at radius 3 is 2.64 bits per heavy atom. The van der Waals surface area contributed by atoms with Gasteiger partial charge >= 0.3 is 0 Å². The Balaban J connectivity index is 2.74. The van der Waals surface area contributed by atoms with Gasteiger partial charge in [-0.2, -0.15) is 0 Å². The molecule has 0 spiro atoms. The Morgan fingerprint density at radius 2 is 2.27 bits per heavy atom. The summed E-state index contributed by atoms with van der Waals surface area (Å²) in [6.45, 7) is 6.43. The number of allylic oxidation sites excluding steroid dienone is 2. The molecular weight excluding hydrogens is 136 g/mol. The van der Waals surface area contributed by atoms with Crippen LogP contribution in [-0.4, -0.2) is 5.78 Å². The third kappa shape index (κ3) is 1.52. The van der Waals surface area contributed by atoms with Crippen molar-refractivity contribution < 1.29 is 4.79 Å². The molecule has 1 unspecified atom stereocenters. The molecule has 62 valence electrons. The number of rotatable bonds is 2. The standard InChI is InChI=1S/C10H16O/c1-4-5-10(3)7-9(11)6-8(10)2/h6H,4-5,7H2,1-3H3. The Labute approximate surface area is 68.5 Å². The third-order valence-electron chi connectivity index (χ3n) is 2.70. The van der Waals surface area contributed by atoms with Gasteiger partial charge in [-0.05, 0) is 24.8 Å². The summed E-state index contributed by atoms with van der Waals surface area (Å²) < 4.78 is 0. The van der Waals surface area contributed by atoms with Gasteiger partial charge in [-0.25, -0.2) is 0 Å². The van der Waals surface area contributed by atoms with Crippen molar-refractivity contribution in [3.63, 3.8) is 0 Å². The number of ketones is 1. The van der Waals surface area contributed by atoms with Gasteiger partial charge in [-0.1, -0.05) is 25.8 Å².